The Bertz CT molecular complexity index is 97.7. The number of rotatable bonds is 4. The Morgan fingerprint density at radius 3 is 2.50 bits per heavy atom. The number of aliphatic carboxylic acids is 1. The van der Waals surface area contributed by atoms with E-state index in [1.165, 1.54) is 0 Å². The van der Waals surface area contributed by atoms with Crippen molar-refractivity contribution in [2.45, 2.75) is 31.0 Å². The predicted octanol–water partition coefficient (Wildman–Crippen LogP) is 2.02. The topological polar surface area (TPSA) is 37.3 Å². The van der Waals surface area contributed by atoms with E-state index in [1.807, 2.05) is 6.92 Å². The molecule has 0 saturated carbocycles. The van der Waals surface area contributed by atoms with Crippen LogP contribution in [0.2, 0.25) is 0 Å². The minimum Gasteiger partial charge on any atom is -0.480 e. The molecule has 0 heterocycles. The molecule has 1 unspecified atom stereocenters. The maximum atomic E-state index is 10.2. The molecule has 65 valence electrons. The van der Waals surface area contributed by atoms with Crippen LogP contribution in [0.3, 0.4) is 0 Å². The summed E-state index contributed by atoms with van der Waals surface area (Å²) in [5.41, 5.74) is 0. The average molecular weight is 303 g/mol. The van der Waals surface area contributed by atoms with Crippen LogP contribution in [0.15, 0.2) is 0 Å². The minimum absolute atomic E-state index is 0. The number of carboxylic acids is 1. The van der Waals surface area contributed by atoms with Crippen LogP contribution < -0.4 is 0 Å². The molecular weight excluding hydrogens is 292 g/mol. The zero-order valence-corrected chi connectivity index (χ0v) is 8.80. The molecule has 0 aromatic carbocycles. The summed E-state index contributed by atoms with van der Waals surface area (Å²) in [5, 5.41) is 8.36. The number of halogens is 1. The van der Waals surface area contributed by atoms with E-state index in [4.69, 9.17) is 5.11 Å². The van der Waals surface area contributed by atoms with Gasteiger partial charge in [0, 0.05) is 22.4 Å². The second kappa shape index (κ2) is 7.79. The molecule has 1 radical (unpaired) electrons. The third kappa shape index (κ3) is 6.81. The number of hydrogen-bond donors (Lipinski definition) is 1. The first-order valence-corrected chi connectivity index (χ1v) is 3.97. The molecule has 0 spiro atoms. The summed E-state index contributed by atoms with van der Waals surface area (Å²) >= 11 is 3.04. The molecule has 0 aromatic rings. The molecule has 1 atom stereocenters. The Hall–Kier alpha value is 0.690. The fourth-order valence-corrected chi connectivity index (χ4v) is 0.831. The van der Waals surface area contributed by atoms with Crippen molar-refractivity contribution in [3.63, 3.8) is 0 Å². The Morgan fingerprint density at radius 2 is 2.20 bits per heavy atom. The maximum absolute atomic E-state index is 10.2. The average Bonchev–Trinajstić information content (AvgIpc) is 1.82. The molecule has 0 bridgehead atoms. The fourth-order valence-electron chi connectivity index (χ4n) is 0.507. The van der Waals surface area contributed by atoms with Gasteiger partial charge >= 0.3 is 5.97 Å². The van der Waals surface area contributed by atoms with E-state index < -0.39 is 5.97 Å². The van der Waals surface area contributed by atoms with Gasteiger partial charge in [-0.05, 0) is 6.42 Å². The van der Waals surface area contributed by atoms with Crippen LogP contribution in [0.25, 0.3) is 0 Å². The summed E-state index contributed by atoms with van der Waals surface area (Å²) in [6.07, 6.45) is 2.75. The van der Waals surface area contributed by atoms with Crippen LogP contribution in [0, 0.1) is 0 Å². The Balaban J connectivity index is 0. The third-order valence-electron chi connectivity index (χ3n) is 1.08. The monoisotopic (exact) mass is 301 g/mol. The molecule has 0 rings (SSSR count). The molecule has 10 heavy (non-hydrogen) atoms. The van der Waals surface area contributed by atoms with Gasteiger partial charge < -0.3 is 5.11 Å². The Kier molecular flexibility index (Phi) is 10.4. The van der Waals surface area contributed by atoms with Gasteiger partial charge in [-0.25, -0.2) is 0 Å². The van der Waals surface area contributed by atoms with Gasteiger partial charge in [0.1, 0.15) is 4.83 Å². The number of carboxylic acid groups (broad SMARTS) is 1. The number of alkyl halides is 1. The standard InChI is InChI=1S/C6H11BrO2.Ag/c1-2-3-4-5(7)6(8)9;/h5H,2-4H2,1H3,(H,8,9);. The second-order valence-electron chi connectivity index (χ2n) is 1.95. The van der Waals surface area contributed by atoms with Crippen molar-refractivity contribution in [1.29, 1.82) is 0 Å². The predicted molar refractivity (Wildman–Crippen MR) is 39.9 cm³/mol. The molecule has 0 aliphatic heterocycles. The molecular formula is C6H11AgBrO2. The zero-order valence-electron chi connectivity index (χ0n) is 5.73. The quantitative estimate of drug-likeness (QED) is 0.637. The number of hydrogen-bond acceptors (Lipinski definition) is 1. The minimum atomic E-state index is -0.761. The molecule has 0 saturated heterocycles. The Labute approximate surface area is 85.0 Å². The van der Waals surface area contributed by atoms with Crippen molar-refractivity contribution in [3.05, 3.63) is 0 Å². The van der Waals surface area contributed by atoms with E-state index in [1.54, 1.807) is 0 Å². The normalized spacial score (nSPS) is 11.8. The van der Waals surface area contributed by atoms with E-state index in [9.17, 15) is 4.79 Å². The maximum Gasteiger partial charge on any atom is 0.317 e. The molecule has 0 aliphatic rings. The van der Waals surface area contributed by atoms with E-state index in [2.05, 4.69) is 15.9 Å². The van der Waals surface area contributed by atoms with Gasteiger partial charge in [0.15, 0.2) is 0 Å². The van der Waals surface area contributed by atoms with Crippen LogP contribution in [0.1, 0.15) is 26.2 Å². The summed E-state index contributed by atoms with van der Waals surface area (Å²) in [6.45, 7) is 2.04. The van der Waals surface area contributed by atoms with Gasteiger partial charge in [0.25, 0.3) is 0 Å². The van der Waals surface area contributed by atoms with Crippen molar-refractivity contribution < 1.29 is 32.3 Å². The second-order valence-corrected chi connectivity index (χ2v) is 3.05. The summed E-state index contributed by atoms with van der Waals surface area (Å²) in [5.74, 6) is -0.761. The molecule has 0 aliphatic carbocycles. The van der Waals surface area contributed by atoms with E-state index in [0.717, 1.165) is 19.3 Å². The Morgan fingerprint density at radius 1 is 1.70 bits per heavy atom. The molecule has 0 fully saturated rings. The summed E-state index contributed by atoms with van der Waals surface area (Å²) in [6, 6.07) is 0. The largest absolute Gasteiger partial charge is 0.480 e. The molecule has 2 nitrogen and oxygen atoms in total. The first-order valence-electron chi connectivity index (χ1n) is 3.05. The molecule has 0 amide bonds. The molecule has 1 N–H and O–H groups in total. The van der Waals surface area contributed by atoms with E-state index in [-0.39, 0.29) is 27.2 Å². The third-order valence-corrected chi connectivity index (χ3v) is 1.93. The fraction of sp³-hybridized carbons (Fsp3) is 0.833. The van der Waals surface area contributed by atoms with Crippen molar-refractivity contribution >= 4 is 21.9 Å². The van der Waals surface area contributed by atoms with Crippen molar-refractivity contribution in [1.82, 2.24) is 0 Å². The van der Waals surface area contributed by atoms with Crippen molar-refractivity contribution in [3.8, 4) is 0 Å². The molecule has 0 aromatic heterocycles. The van der Waals surface area contributed by atoms with Gasteiger partial charge in [0.2, 0.25) is 0 Å². The van der Waals surface area contributed by atoms with Crippen LogP contribution in [0.4, 0.5) is 0 Å². The first-order chi connectivity index (χ1) is 4.18. The van der Waals surface area contributed by atoms with E-state index in [0.29, 0.717) is 0 Å². The smallest absolute Gasteiger partial charge is 0.317 e. The van der Waals surface area contributed by atoms with Crippen LogP contribution >= 0.6 is 15.9 Å². The SMILES string of the molecule is CCCCC(Br)C(=O)O.[Ag]. The molecule has 4 heteroatoms. The number of carbonyl (C=O) groups is 1. The van der Waals surface area contributed by atoms with Crippen molar-refractivity contribution in [2.24, 2.45) is 0 Å². The summed E-state index contributed by atoms with van der Waals surface area (Å²) < 4.78 is 0. The van der Waals surface area contributed by atoms with Crippen LogP contribution in [0.5, 0.6) is 0 Å². The van der Waals surface area contributed by atoms with E-state index >= 15 is 0 Å². The van der Waals surface area contributed by atoms with Gasteiger partial charge in [-0.1, -0.05) is 35.7 Å². The van der Waals surface area contributed by atoms with Gasteiger partial charge in [-0.2, -0.15) is 0 Å². The summed E-state index contributed by atoms with van der Waals surface area (Å²) in [4.78, 5) is 9.81. The van der Waals surface area contributed by atoms with Crippen LogP contribution in [-0.2, 0) is 27.2 Å². The van der Waals surface area contributed by atoms with Crippen LogP contribution in [-0.4, -0.2) is 15.9 Å². The first kappa shape index (κ1) is 13.3. The van der Waals surface area contributed by atoms with Crippen molar-refractivity contribution in [2.75, 3.05) is 0 Å². The van der Waals surface area contributed by atoms with Gasteiger partial charge in [-0.3, -0.25) is 4.79 Å². The zero-order chi connectivity index (χ0) is 7.28. The van der Waals surface area contributed by atoms with Gasteiger partial charge in [-0.15, -0.1) is 0 Å². The number of unbranched alkanes of at least 4 members (excludes halogenated alkanes) is 1. The van der Waals surface area contributed by atoms with Gasteiger partial charge in [0.05, 0.1) is 0 Å². The summed E-state index contributed by atoms with van der Waals surface area (Å²) in [7, 11) is 0.